The minimum Gasteiger partial charge on any atom is -0.462 e. The van der Waals surface area contributed by atoms with E-state index < -0.39 is 47.5 Å². The monoisotopic (exact) mass is 558 g/mol. The van der Waals surface area contributed by atoms with E-state index in [2.05, 4.69) is 11.7 Å². The van der Waals surface area contributed by atoms with Crippen LogP contribution in [-0.4, -0.2) is 19.6 Å². The van der Waals surface area contributed by atoms with Gasteiger partial charge in [-0.25, -0.2) is 17.6 Å². The third kappa shape index (κ3) is 7.69. The SMILES string of the molecule is CCCC1CCC(C2COC(c3ccc(C(F)(F)Oc4ccc(O/C=C/C(F)F)c(F)c4)c(F)c3)OC2)CC1. The summed E-state index contributed by atoms with van der Waals surface area (Å²) < 4.78 is 104. The zero-order valence-electron chi connectivity index (χ0n) is 21.6. The first-order chi connectivity index (χ1) is 18.7. The van der Waals surface area contributed by atoms with E-state index in [0.29, 0.717) is 37.5 Å². The lowest BCUT2D eigenvalue weighted by molar-refractivity contribution is -0.215. The van der Waals surface area contributed by atoms with Crippen molar-refractivity contribution < 1.29 is 45.3 Å². The van der Waals surface area contributed by atoms with Gasteiger partial charge in [0.05, 0.1) is 25.0 Å². The molecule has 0 radical (unpaired) electrons. The fraction of sp³-hybridized carbons (Fsp3) is 0.517. The van der Waals surface area contributed by atoms with Gasteiger partial charge in [0.2, 0.25) is 0 Å². The van der Waals surface area contributed by atoms with Crippen LogP contribution in [0.5, 0.6) is 11.5 Å². The van der Waals surface area contributed by atoms with E-state index in [0.717, 1.165) is 43.0 Å². The first-order valence-corrected chi connectivity index (χ1v) is 13.2. The highest BCUT2D eigenvalue weighted by Crippen LogP contribution is 2.40. The summed E-state index contributed by atoms with van der Waals surface area (Å²) in [5, 5.41) is 0. The number of hydrogen-bond acceptors (Lipinski definition) is 4. The van der Waals surface area contributed by atoms with Gasteiger partial charge in [-0.2, -0.15) is 8.78 Å². The molecule has 4 nitrogen and oxygen atoms in total. The maximum Gasteiger partial charge on any atom is 0.429 e. The molecule has 0 atom stereocenters. The Balaban J connectivity index is 1.34. The average Bonchev–Trinajstić information content (AvgIpc) is 2.90. The molecule has 0 unspecified atom stereocenters. The smallest absolute Gasteiger partial charge is 0.429 e. The molecular weight excluding hydrogens is 526 g/mol. The molecule has 0 amide bonds. The van der Waals surface area contributed by atoms with Gasteiger partial charge < -0.3 is 18.9 Å². The van der Waals surface area contributed by atoms with Crippen molar-refractivity contribution in [2.45, 2.75) is 64.3 Å². The van der Waals surface area contributed by atoms with Crippen molar-refractivity contribution >= 4 is 0 Å². The zero-order chi connectivity index (χ0) is 28.0. The zero-order valence-corrected chi connectivity index (χ0v) is 21.6. The summed E-state index contributed by atoms with van der Waals surface area (Å²) in [7, 11) is 0. The number of rotatable bonds is 10. The van der Waals surface area contributed by atoms with E-state index in [-0.39, 0.29) is 11.5 Å². The van der Waals surface area contributed by atoms with E-state index in [1.807, 2.05) is 0 Å². The van der Waals surface area contributed by atoms with Gasteiger partial charge in [0.1, 0.15) is 11.6 Å². The van der Waals surface area contributed by atoms with Crippen LogP contribution in [0.25, 0.3) is 0 Å². The van der Waals surface area contributed by atoms with E-state index >= 15 is 0 Å². The van der Waals surface area contributed by atoms with Crippen LogP contribution >= 0.6 is 0 Å². The molecule has 0 bridgehead atoms. The fourth-order valence-electron chi connectivity index (χ4n) is 5.27. The lowest BCUT2D eigenvalue weighted by atomic mass is 9.75. The lowest BCUT2D eigenvalue weighted by Gasteiger charge is -2.38. The Morgan fingerprint density at radius 3 is 2.28 bits per heavy atom. The summed E-state index contributed by atoms with van der Waals surface area (Å²) in [5.74, 6) is -1.88. The fourth-order valence-corrected chi connectivity index (χ4v) is 5.27. The van der Waals surface area contributed by atoms with Crippen LogP contribution < -0.4 is 9.47 Å². The Bertz CT molecular complexity index is 1110. The van der Waals surface area contributed by atoms with Crippen molar-refractivity contribution in [2.24, 2.45) is 17.8 Å². The highest BCUT2D eigenvalue weighted by atomic mass is 19.3. The van der Waals surface area contributed by atoms with E-state index in [9.17, 15) is 26.3 Å². The second kappa shape index (κ2) is 13.1. The van der Waals surface area contributed by atoms with Gasteiger partial charge in [0.15, 0.2) is 17.9 Å². The minimum absolute atomic E-state index is 0.253. The summed E-state index contributed by atoms with van der Waals surface area (Å²) >= 11 is 0. The van der Waals surface area contributed by atoms with Crippen LogP contribution in [0.4, 0.5) is 26.3 Å². The first kappa shape index (κ1) is 29.3. The summed E-state index contributed by atoms with van der Waals surface area (Å²) in [4.78, 5) is 0. The standard InChI is InChI=1S/C29H32F6O4/c1-2-3-18-4-6-19(7-5-18)21-16-37-28(38-17-21)20-8-10-23(24(30)14-20)29(34,35)39-22-9-11-26(25(31)15-22)36-13-12-27(32)33/h8-15,18-19,21,27-28H,2-7,16-17H2,1H3/b13-12+. The van der Waals surface area contributed by atoms with Crippen molar-refractivity contribution in [3.8, 4) is 11.5 Å². The van der Waals surface area contributed by atoms with Gasteiger partial charge in [0.25, 0.3) is 6.43 Å². The van der Waals surface area contributed by atoms with Crippen LogP contribution in [0, 0.1) is 29.4 Å². The molecule has 2 aromatic carbocycles. The topological polar surface area (TPSA) is 36.9 Å². The highest BCUT2D eigenvalue weighted by molar-refractivity contribution is 5.35. The van der Waals surface area contributed by atoms with E-state index in [1.54, 1.807) is 0 Å². The van der Waals surface area contributed by atoms with E-state index in [4.69, 9.17) is 14.2 Å². The van der Waals surface area contributed by atoms with Crippen molar-refractivity contribution in [3.05, 3.63) is 71.5 Å². The van der Waals surface area contributed by atoms with Crippen LogP contribution in [0.15, 0.2) is 48.7 Å². The third-order valence-electron chi connectivity index (χ3n) is 7.33. The van der Waals surface area contributed by atoms with E-state index in [1.165, 1.54) is 31.7 Å². The molecule has 1 aliphatic carbocycles. The van der Waals surface area contributed by atoms with Crippen molar-refractivity contribution in [1.82, 2.24) is 0 Å². The maximum absolute atomic E-state index is 14.8. The molecule has 1 aliphatic heterocycles. The van der Waals surface area contributed by atoms with Gasteiger partial charge in [-0.1, -0.05) is 38.7 Å². The van der Waals surface area contributed by atoms with Crippen molar-refractivity contribution in [2.75, 3.05) is 13.2 Å². The molecule has 2 fully saturated rings. The minimum atomic E-state index is -4.14. The summed E-state index contributed by atoms with van der Waals surface area (Å²) in [6, 6.07) is 5.54. The Kier molecular flexibility index (Phi) is 9.82. The largest absolute Gasteiger partial charge is 0.462 e. The molecule has 0 spiro atoms. The summed E-state index contributed by atoms with van der Waals surface area (Å²) in [5.41, 5.74) is -0.786. The Morgan fingerprint density at radius 1 is 0.949 bits per heavy atom. The van der Waals surface area contributed by atoms with Crippen molar-refractivity contribution in [1.29, 1.82) is 0 Å². The molecular formula is C29H32F6O4. The molecule has 2 aliphatic rings. The van der Waals surface area contributed by atoms with Gasteiger partial charge in [0, 0.05) is 23.6 Å². The van der Waals surface area contributed by atoms with Crippen LogP contribution in [0.1, 0.15) is 62.9 Å². The number of halogens is 6. The van der Waals surface area contributed by atoms with Crippen LogP contribution in [0.2, 0.25) is 0 Å². The number of ether oxygens (including phenoxy) is 4. The predicted molar refractivity (Wildman–Crippen MR) is 132 cm³/mol. The van der Waals surface area contributed by atoms with Crippen LogP contribution in [-0.2, 0) is 15.6 Å². The van der Waals surface area contributed by atoms with Gasteiger partial charge >= 0.3 is 6.11 Å². The predicted octanol–water partition coefficient (Wildman–Crippen LogP) is 8.52. The van der Waals surface area contributed by atoms with Crippen LogP contribution in [0.3, 0.4) is 0 Å². The first-order valence-electron chi connectivity index (χ1n) is 13.2. The number of benzene rings is 2. The average molecular weight is 559 g/mol. The summed E-state index contributed by atoms with van der Waals surface area (Å²) in [6.07, 6.45) is 0.324. The van der Waals surface area contributed by atoms with Gasteiger partial charge in [-0.15, -0.1) is 0 Å². The number of allylic oxidation sites excluding steroid dienone is 1. The molecule has 2 aromatic rings. The number of alkyl halides is 4. The van der Waals surface area contributed by atoms with Crippen molar-refractivity contribution in [3.63, 3.8) is 0 Å². The molecule has 10 heteroatoms. The van der Waals surface area contributed by atoms with Gasteiger partial charge in [-0.05, 0) is 48.9 Å². The quantitative estimate of drug-likeness (QED) is 0.216. The highest BCUT2D eigenvalue weighted by Gasteiger charge is 2.39. The molecule has 0 N–H and O–H groups in total. The molecule has 4 rings (SSSR count). The second-order valence-corrected chi connectivity index (χ2v) is 10.1. The molecule has 214 valence electrons. The summed E-state index contributed by atoms with van der Waals surface area (Å²) in [6.45, 7) is 3.12. The normalized spacial score (nSPS) is 24.3. The molecule has 0 aromatic heterocycles. The Morgan fingerprint density at radius 2 is 1.67 bits per heavy atom. The Hall–Kier alpha value is -2.72. The van der Waals surface area contributed by atoms with Gasteiger partial charge in [-0.3, -0.25) is 0 Å². The lowest BCUT2D eigenvalue weighted by Crippen LogP contribution is -2.34. The maximum atomic E-state index is 14.8. The molecule has 1 saturated heterocycles. The Labute approximate surface area is 223 Å². The molecule has 39 heavy (non-hydrogen) atoms. The third-order valence-corrected chi connectivity index (χ3v) is 7.33. The number of hydrogen-bond donors (Lipinski definition) is 0. The molecule has 1 heterocycles. The molecule has 1 saturated carbocycles. The second-order valence-electron chi connectivity index (χ2n) is 10.1.